The molecule has 1 aliphatic heterocycles. The van der Waals surface area contributed by atoms with Gasteiger partial charge in [0, 0.05) is 23.0 Å². The summed E-state index contributed by atoms with van der Waals surface area (Å²) < 4.78 is 31.7. The van der Waals surface area contributed by atoms with Crippen molar-refractivity contribution in [3.8, 4) is 5.75 Å². The second-order valence-electron chi connectivity index (χ2n) is 7.18. The van der Waals surface area contributed by atoms with Crippen LogP contribution in [0.5, 0.6) is 5.75 Å². The molecule has 1 N–H and O–H groups in total. The highest BCUT2D eigenvalue weighted by Gasteiger charge is 2.34. The lowest BCUT2D eigenvalue weighted by molar-refractivity contribution is 0.0718. The standard InChI is InChI=1S/C22H22FIN4O4/c1-30-11-14-10-28(22(29)32-14)18-8-15-17(9-19(18)31-2)25-12-26-21(15)27-16-5-3-4-13(6-7-24)20(16)23/h3-5,8-9,12,14H,6-7,10-11H2,1-2H3,(H,25,26,27). The first-order valence-corrected chi connectivity index (χ1v) is 11.5. The summed E-state index contributed by atoms with van der Waals surface area (Å²) in [4.78, 5) is 22.6. The predicted molar refractivity (Wildman–Crippen MR) is 128 cm³/mol. The zero-order chi connectivity index (χ0) is 22.7. The number of hydrogen-bond acceptors (Lipinski definition) is 7. The Balaban J connectivity index is 1.75. The predicted octanol–water partition coefficient (Wildman–Crippen LogP) is 4.47. The Hall–Kier alpha value is -2.73. The van der Waals surface area contributed by atoms with Crippen molar-refractivity contribution in [3.63, 3.8) is 0 Å². The number of ether oxygens (including phenoxy) is 3. The molecule has 1 aromatic heterocycles. The third kappa shape index (κ3) is 4.42. The monoisotopic (exact) mass is 552 g/mol. The van der Waals surface area contributed by atoms with Crippen LogP contribution in [0.25, 0.3) is 10.9 Å². The Labute approximate surface area is 198 Å². The molecule has 0 radical (unpaired) electrons. The average molecular weight is 552 g/mol. The van der Waals surface area contributed by atoms with Crippen LogP contribution >= 0.6 is 22.6 Å². The Morgan fingerprint density at radius 3 is 2.91 bits per heavy atom. The van der Waals surface area contributed by atoms with Gasteiger partial charge in [0.15, 0.2) is 0 Å². The molecule has 1 saturated heterocycles. The van der Waals surface area contributed by atoms with E-state index in [1.807, 2.05) is 0 Å². The molecule has 1 aliphatic rings. The summed E-state index contributed by atoms with van der Waals surface area (Å²) in [6, 6.07) is 8.71. The molecule has 1 amide bonds. The number of carbonyl (C=O) groups is 1. The van der Waals surface area contributed by atoms with Gasteiger partial charge in [0.05, 0.1) is 37.2 Å². The van der Waals surface area contributed by atoms with Gasteiger partial charge in [0.25, 0.3) is 0 Å². The Morgan fingerprint density at radius 2 is 2.16 bits per heavy atom. The number of benzene rings is 2. The zero-order valence-corrected chi connectivity index (χ0v) is 19.8. The first-order chi connectivity index (χ1) is 15.5. The van der Waals surface area contributed by atoms with E-state index in [1.165, 1.54) is 18.3 Å². The van der Waals surface area contributed by atoms with Crippen molar-refractivity contribution in [1.29, 1.82) is 0 Å². The summed E-state index contributed by atoms with van der Waals surface area (Å²) in [5, 5.41) is 3.70. The Morgan fingerprint density at radius 1 is 1.31 bits per heavy atom. The van der Waals surface area contributed by atoms with Gasteiger partial charge in [-0.15, -0.1) is 0 Å². The molecule has 1 atom stereocenters. The van der Waals surface area contributed by atoms with Crippen molar-refractivity contribution in [3.05, 3.63) is 48.0 Å². The van der Waals surface area contributed by atoms with E-state index in [0.717, 1.165) is 4.43 Å². The molecular weight excluding hydrogens is 530 g/mol. The summed E-state index contributed by atoms with van der Waals surface area (Å²) in [6.07, 6.45) is 1.16. The Bertz CT molecular complexity index is 1150. The Kier molecular flexibility index (Phi) is 6.89. The van der Waals surface area contributed by atoms with Gasteiger partial charge in [-0.1, -0.05) is 34.7 Å². The van der Waals surface area contributed by atoms with E-state index in [1.54, 1.807) is 37.4 Å². The lowest BCUT2D eigenvalue weighted by Crippen LogP contribution is -2.26. The van der Waals surface area contributed by atoms with Gasteiger partial charge in [-0.05, 0) is 24.1 Å². The van der Waals surface area contributed by atoms with Gasteiger partial charge in [-0.25, -0.2) is 19.2 Å². The molecular formula is C22H22FIN4O4. The highest BCUT2D eigenvalue weighted by molar-refractivity contribution is 14.1. The molecule has 0 aliphatic carbocycles. The van der Waals surface area contributed by atoms with Crippen molar-refractivity contribution in [2.45, 2.75) is 12.5 Å². The second-order valence-corrected chi connectivity index (χ2v) is 8.26. The van der Waals surface area contributed by atoms with Crippen LogP contribution in [-0.2, 0) is 15.9 Å². The average Bonchev–Trinajstić information content (AvgIpc) is 3.16. The van der Waals surface area contributed by atoms with Crippen LogP contribution in [0.1, 0.15) is 5.56 Å². The van der Waals surface area contributed by atoms with E-state index < -0.39 is 6.09 Å². The molecule has 2 aromatic carbocycles. The zero-order valence-electron chi connectivity index (χ0n) is 17.6. The number of fused-ring (bicyclic) bond motifs is 1. The van der Waals surface area contributed by atoms with E-state index in [0.29, 0.717) is 59.0 Å². The lowest BCUT2D eigenvalue weighted by atomic mass is 10.1. The van der Waals surface area contributed by atoms with Crippen LogP contribution in [-0.4, -0.2) is 54.0 Å². The highest BCUT2D eigenvalue weighted by Crippen LogP contribution is 2.37. The topological polar surface area (TPSA) is 85.8 Å². The maximum atomic E-state index is 14.9. The molecule has 3 aromatic rings. The smallest absolute Gasteiger partial charge is 0.414 e. The largest absolute Gasteiger partial charge is 0.494 e. The first-order valence-electron chi connectivity index (χ1n) is 9.96. The molecule has 0 spiro atoms. The fraction of sp³-hybridized carbons (Fsp3) is 0.318. The minimum atomic E-state index is -0.492. The third-order valence-electron chi connectivity index (χ3n) is 5.15. The maximum absolute atomic E-state index is 14.9. The summed E-state index contributed by atoms with van der Waals surface area (Å²) in [6.45, 7) is 0.610. The van der Waals surface area contributed by atoms with Crippen molar-refractivity contribution in [2.24, 2.45) is 0 Å². The van der Waals surface area contributed by atoms with Gasteiger partial charge in [-0.3, -0.25) is 4.90 Å². The molecule has 168 valence electrons. The molecule has 32 heavy (non-hydrogen) atoms. The van der Waals surface area contributed by atoms with Crippen LogP contribution < -0.4 is 15.0 Å². The summed E-state index contributed by atoms with van der Waals surface area (Å²) in [5.74, 6) is 0.577. The van der Waals surface area contributed by atoms with E-state index in [4.69, 9.17) is 14.2 Å². The number of rotatable bonds is 8. The molecule has 8 nitrogen and oxygen atoms in total. The van der Waals surface area contributed by atoms with Crippen molar-refractivity contribution in [2.75, 3.05) is 42.0 Å². The normalized spacial score (nSPS) is 15.8. The quantitative estimate of drug-likeness (QED) is 0.326. The van der Waals surface area contributed by atoms with Gasteiger partial charge in [-0.2, -0.15) is 0 Å². The van der Waals surface area contributed by atoms with Crippen molar-refractivity contribution in [1.82, 2.24) is 9.97 Å². The van der Waals surface area contributed by atoms with Gasteiger partial charge in [0.2, 0.25) is 0 Å². The van der Waals surface area contributed by atoms with Gasteiger partial charge < -0.3 is 19.5 Å². The van der Waals surface area contributed by atoms with Crippen LogP contribution in [0.3, 0.4) is 0 Å². The molecule has 4 rings (SSSR count). The number of anilines is 3. The highest BCUT2D eigenvalue weighted by atomic mass is 127. The van der Waals surface area contributed by atoms with E-state index in [-0.39, 0.29) is 11.9 Å². The number of hydrogen-bond donors (Lipinski definition) is 1. The number of carbonyl (C=O) groups excluding carboxylic acids is 1. The van der Waals surface area contributed by atoms with Crippen molar-refractivity contribution >= 4 is 56.8 Å². The van der Waals surface area contributed by atoms with Crippen molar-refractivity contribution < 1.29 is 23.4 Å². The van der Waals surface area contributed by atoms with E-state index in [2.05, 4.69) is 37.9 Å². The maximum Gasteiger partial charge on any atom is 0.414 e. The lowest BCUT2D eigenvalue weighted by Gasteiger charge is -2.18. The molecule has 0 saturated carbocycles. The number of alkyl halides is 1. The summed E-state index contributed by atoms with van der Waals surface area (Å²) >= 11 is 2.22. The van der Waals surface area contributed by atoms with E-state index >= 15 is 0 Å². The molecule has 10 heteroatoms. The molecule has 1 fully saturated rings. The number of nitrogens with one attached hydrogen (secondary N) is 1. The number of nitrogens with zero attached hydrogens (tertiary/aromatic N) is 3. The summed E-state index contributed by atoms with van der Waals surface area (Å²) in [5.41, 5.74) is 2.06. The van der Waals surface area contributed by atoms with Crippen LogP contribution in [0.4, 0.5) is 26.4 Å². The third-order valence-corrected chi connectivity index (χ3v) is 5.69. The van der Waals surface area contributed by atoms with Gasteiger partial charge >= 0.3 is 6.09 Å². The van der Waals surface area contributed by atoms with Crippen LogP contribution in [0, 0.1) is 5.82 Å². The minimum absolute atomic E-state index is 0.293. The van der Waals surface area contributed by atoms with Crippen LogP contribution in [0.2, 0.25) is 0 Å². The first kappa shape index (κ1) is 22.5. The number of cyclic esters (lactones) is 1. The molecule has 0 bridgehead atoms. The van der Waals surface area contributed by atoms with Crippen LogP contribution in [0.15, 0.2) is 36.7 Å². The molecule has 1 unspecified atom stereocenters. The number of amides is 1. The number of halogens is 2. The fourth-order valence-electron chi connectivity index (χ4n) is 3.64. The fourth-order valence-corrected chi connectivity index (χ4v) is 4.22. The number of aromatic nitrogens is 2. The molecule has 2 heterocycles. The minimum Gasteiger partial charge on any atom is -0.494 e. The second kappa shape index (κ2) is 9.82. The SMILES string of the molecule is COCC1CN(c2cc3c(Nc4cccc(CCI)c4F)ncnc3cc2OC)C(=O)O1. The number of methoxy groups -OCH3 is 2. The van der Waals surface area contributed by atoms with Gasteiger partial charge in [0.1, 0.15) is 29.8 Å². The van der Waals surface area contributed by atoms with E-state index in [9.17, 15) is 9.18 Å². The summed E-state index contributed by atoms with van der Waals surface area (Å²) in [7, 11) is 3.07. The number of aryl methyl sites for hydroxylation is 1.